The monoisotopic (exact) mass is 219 g/mol. The molecule has 0 aliphatic heterocycles. The molecule has 1 rings (SSSR count). The summed E-state index contributed by atoms with van der Waals surface area (Å²) in [4.78, 5) is 0. The Kier molecular flexibility index (Phi) is 5.06. The van der Waals surface area contributed by atoms with Crippen LogP contribution in [0.4, 0.5) is 0 Å². The van der Waals surface area contributed by atoms with Gasteiger partial charge in [-0.25, -0.2) is 0 Å². The summed E-state index contributed by atoms with van der Waals surface area (Å²) in [6, 6.07) is 8.59. The predicted octanol–water partition coefficient (Wildman–Crippen LogP) is 3.14. The molecule has 0 saturated carbocycles. The third kappa shape index (κ3) is 4.49. The lowest BCUT2D eigenvalue weighted by Gasteiger charge is -2.13. The summed E-state index contributed by atoms with van der Waals surface area (Å²) in [7, 11) is 0. The maximum atomic E-state index is 5.69. The van der Waals surface area contributed by atoms with Crippen LogP contribution >= 0.6 is 0 Å². The third-order valence-corrected chi connectivity index (χ3v) is 2.15. The van der Waals surface area contributed by atoms with Crippen LogP contribution in [0, 0.1) is 0 Å². The first-order chi connectivity index (χ1) is 7.59. The average molecular weight is 219 g/mol. The first-order valence-corrected chi connectivity index (χ1v) is 5.68. The van der Waals surface area contributed by atoms with Crippen LogP contribution < -0.4 is 10.1 Å². The van der Waals surface area contributed by atoms with E-state index in [0.717, 1.165) is 17.9 Å². The van der Waals surface area contributed by atoms with Crippen LogP contribution in [0.15, 0.2) is 36.4 Å². The smallest absolute Gasteiger partial charge is 0.124 e. The Morgan fingerprint density at radius 1 is 1.38 bits per heavy atom. The molecular weight excluding hydrogens is 198 g/mol. The van der Waals surface area contributed by atoms with Crippen molar-refractivity contribution in [2.75, 3.05) is 6.61 Å². The second-order valence-electron chi connectivity index (χ2n) is 4.39. The van der Waals surface area contributed by atoms with E-state index >= 15 is 0 Å². The van der Waals surface area contributed by atoms with Gasteiger partial charge in [0, 0.05) is 18.2 Å². The van der Waals surface area contributed by atoms with E-state index in [0.29, 0.717) is 12.6 Å². The summed E-state index contributed by atoms with van der Waals surface area (Å²) in [5.41, 5.74) is 2.23. The second-order valence-corrected chi connectivity index (χ2v) is 4.39. The van der Waals surface area contributed by atoms with Crippen LogP contribution in [0.2, 0.25) is 0 Å². The molecule has 2 nitrogen and oxygen atoms in total. The lowest BCUT2D eigenvalue weighted by atomic mass is 10.2. The van der Waals surface area contributed by atoms with Gasteiger partial charge in [0.1, 0.15) is 12.4 Å². The van der Waals surface area contributed by atoms with Crippen molar-refractivity contribution in [2.24, 2.45) is 0 Å². The number of rotatable bonds is 6. The molecule has 16 heavy (non-hydrogen) atoms. The number of para-hydroxylation sites is 1. The fourth-order valence-electron chi connectivity index (χ4n) is 1.31. The molecule has 1 aromatic rings. The minimum absolute atomic E-state index is 0.481. The van der Waals surface area contributed by atoms with Gasteiger partial charge in [-0.3, -0.25) is 0 Å². The van der Waals surface area contributed by atoms with Crippen molar-refractivity contribution in [2.45, 2.75) is 33.4 Å². The van der Waals surface area contributed by atoms with E-state index < -0.39 is 0 Å². The van der Waals surface area contributed by atoms with Gasteiger partial charge in [-0.1, -0.05) is 38.6 Å². The lowest BCUT2D eigenvalue weighted by Crippen LogP contribution is -2.22. The number of ether oxygens (including phenoxy) is 1. The van der Waals surface area contributed by atoms with Gasteiger partial charge in [-0.15, -0.1) is 0 Å². The van der Waals surface area contributed by atoms with Crippen molar-refractivity contribution in [3.05, 3.63) is 42.0 Å². The Bertz CT molecular complexity index is 344. The SMILES string of the molecule is C=C(C)COc1ccccc1CNC(C)C. The van der Waals surface area contributed by atoms with Gasteiger partial charge in [0.25, 0.3) is 0 Å². The molecule has 1 N–H and O–H groups in total. The topological polar surface area (TPSA) is 21.3 Å². The number of benzene rings is 1. The molecule has 0 unspecified atom stereocenters. The average Bonchev–Trinajstić information content (AvgIpc) is 2.24. The molecule has 0 aliphatic rings. The molecule has 0 spiro atoms. The van der Waals surface area contributed by atoms with Crippen LogP contribution in [0.1, 0.15) is 26.3 Å². The van der Waals surface area contributed by atoms with Gasteiger partial charge in [0.2, 0.25) is 0 Å². The van der Waals surface area contributed by atoms with Crippen LogP contribution in [0.25, 0.3) is 0 Å². The maximum Gasteiger partial charge on any atom is 0.124 e. The number of nitrogens with one attached hydrogen (secondary N) is 1. The van der Waals surface area contributed by atoms with Gasteiger partial charge in [0.15, 0.2) is 0 Å². The molecule has 0 heterocycles. The Morgan fingerprint density at radius 3 is 2.69 bits per heavy atom. The molecule has 0 saturated heterocycles. The zero-order valence-electron chi connectivity index (χ0n) is 10.4. The maximum absolute atomic E-state index is 5.69. The summed E-state index contributed by atoms with van der Waals surface area (Å²) in [6.07, 6.45) is 0. The summed E-state index contributed by atoms with van der Waals surface area (Å²) < 4.78 is 5.69. The zero-order chi connectivity index (χ0) is 12.0. The Labute approximate surface area is 98.3 Å². The van der Waals surface area contributed by atoms with E-state index in [1.165, 1.54) is 5.56 Å². The molecule has 0 fully saturated rings. The summed E-state index contributed by atoms with van der Waals surface area (Å²) in [6.45, 7) is 11.5. The highest BCUT2D eigenvalue weighted by Gasteiger charge is 2.03. The molecule has 0 bridgehead atoms. The Balaban J connectivity index is 2.63. The van der Waals surface area contributed by atoms with Crippen molar-refractivity contribution < 1.29 is 4.74 Å². The van der Waals surface area contributed by atoms with Crippen LogP contribution in [0.3, 0.4) is 0 Å². The van der Waals surface area contributed by atoms with E-state index in [1.807, 2.05) is 25.1 Å². The quantitative estimate of drug-likeness (QED) is 0.742. The van der Waals surface area contributed by atoms with Crippen LogP contribution in [0.5, 0.6) is 5.75 Å². The summed E-state index contributed by atoms with van der Waals surface area (Å²) in [5.74, 6) is 0.943. The normalized spacial score (nSPS) is 10.5. The highest BCUT2D eigenvalue weighted by atomic mass is 16.5. The van der Waals surface area contributed by atoms with Gasteiger partial charge >= 0.3 is 0 Å². The Morgan fingerprint density at radius 2 is 2.06 bits per heavy atom. The summed E-state index contributed by atoms with van der Waals surface area (Å²) >= 11 is 0. The van der Waals surface area contributed by atoms with E-state index in [4.69, 9.17) is 4.74 Å². The van der Waals surface area contributed by atoms with E-state index in [1.54, 1.807) is 0 Å². The van der Waals surface area contributed by atoms with Crippen molar-refractivity contribution in [3.63, 3.8) is 0 Å². The molecule has 1 aromatic carbocycles. The van der Waals surface area contributed by atoms with Crippen LogP contribution in [-0.2, 0) is 6.54 Å². The van der Waals surface area contributed by atoms with E-state index in [9.17, 15) is 0 Å². The second kappa shape index (κ2) is 6.33. The van der Waals surface area contributed by atoms with Gasteiger partial charge in [0.05, 0.1) is 0 Å². The van der Waals surface area contributed by atoms with Gasteiger partial charge in [-0.2, -0.15) is 0 Å². The minimum atomic E-state index is 0.481. The molecule has 0 aromatic heterocycles. The molecule has 2 heteroatoms. The standard InChI is InChI=1S/C14H21NO/c1-11(2)10-16-14-8-6-5-7-13(14)9-15-12(3)4/h5-8,12,15H,1,9-10H2,2-4H3. The fraction of sp³-hybridized carbons (Fsp3) is 0.429. The first kappa shape index (κ1) is 12.8. The highest BCUT2D eigenvalue weighted by Crippen LogP contribution is 2.18. The number of hydrogen-bond donors (Lipinski definition) is 1. The summed E-state index contributed by atoms with van der Waals surface area (Å²) in [5, 5.41) is 3.39. The van der Waals surface area contributed by atoms with E-state index in [-0.39, 0.29) is 0 Å². The van der Waals surface area contributed by atoms with Crippen molar-refractivity contribution >= 4 is 0 Å². The highest BCUT2D eigenvalue weighted by molar-refractivity contribution is 5.33. The zero-order valence-corrected chi connectivity index (χ0v) is 10.4. The largest absolute Gasteiger partial charge is 0.489 e. The fourth-order valence-corrected chi connectivity index (χ4v) is 1.31. The lowest BCUT2D eigenvalue weighted by molar-refractivity contribution is 0.347. The van der Waals surface area contributed by atoms with Gasteiger partial charge < -0.3 is 10.1 Å². The van der Waals surface area contributed by atoms with Crippen molar-refractivity contribution in [1.29, 1.82) is 0 Å². The third-order valence-electron chi connectivity index (χ3n) is 2.15. The minimum Gasteiger partial charge on any atom is -0.489 e. The van der Waals surface area contributed by atoms with Crippen LogP contribution in [-0.4, -0.2) is 12.6 Å². The first-order valence-electron chi connectivity index (χ1n) is 5.68. The number of hydrogen-bond acceptors (Lipinski definition) is 2. The van der Waals surface area contributed by atoms with Gasteiger partial charge in [-0.05, 0) is 18.6 Å². The predicted molar refractivity (Wildman–Crippen MR) is 68.7 cm³/mol. The molecule has 0 aliphatic carbocycles. The molecule has 0 atom stereocenters. The molecule has 88 valence electrons. The molecular formula is C14H21NO. The molecule has 0 amide bonds. The Hall–Kier alpha value is -1.28. The molecule has 0 radical (unpaired) electrons. The van der Waals surface area contributed by atoms with Crippen molar-refractivity contribution in [1.82, 2.24) is 5.32 Å². The van der Waals surface area contributed by atoms with Crippen molar-refractivity contribution in [3.8, 4) is 5.75 Å². The van der Waals surface area contributed by atoms with E-state index in [2.05, 4.69) is 31.8 Å².